The van der Waals surface area contributed by atoms with E-state index < -0.39 is 0 Å². The summed E-state index contributed by atoms with van der Waals surface area (Å²) < 4.78 is 6.24. The van der Waals surface area contributed by atoms with Gasteiger partial charge >= 0.3 is 0 Å². The monoisotopic (exact) mass is 298 g/mol. The molecule has 0 atom stereocenters. The van der Waals surface area contributed by atoms with Crippen LogP contribution in [0.25, 0.3) is 0 Å². The molecular formula is C12H15BrN2O2. The van der Waals surface area contributed by atoms with Crippen molar-refractivity contribution in [2.75, 3.05) is 6.61 Å². The Kier molecular flexibility index (Phi) is 6.32. The van der Waals surface area contributed by atoms with Gasteiger partial charge in [0.2, 0.25) is 0 Å². The van der Waals surface area contributed by atoms with Gasteiger partial charge in [0.15, 0.2) is 6.61 Å². The van der Waals surface area contributed by atoms with E-state index in [0.29, 0.717) is 5.75 Å². The lowest BCUT2D eigenvalue weighted by molar-refractivity contribution is -0.123. The summed E-state index contributed by atoms with van der Waals surface area (Å²) in [5.74, 6) is 0.390. The molecule has 1 aromatic carbocycles. The zero-order valence-corrected chi connectivity index (χ0v) is 11.2. The molecule has 0 aromatic heterocycles. The molecule has 0 bridgehead atoms. The summed E-state index contributed by atoms with van der Waals surface area (Å²) in [7, 11) is 0. The summed E-state index contributed by atoms with van der Waals surface area (Å²) in [4.78, 5) is 11.3. The number of benzene rings is 1. The SMILES string of the molecule is CCC/C=N\NC(=O)COc1ccc(Br)cc1. The lowest BCUT2D eigenvalue weighted by Crippen LogP contribution is -2.24. The molecule has 0 radical (unpaired) electrons. The number of rotatable bonds is 6. The maximum absolute atomic E-state index is 11.3. The van der Waals surface area contributed by atoms with E-state index in [4.69, 9.17) is 4.74 Å². The van der Waals surface area contributed by atoms with E-state index in [1.54, 1.807) is 18.3 Å². The van der Waals surface area contributed by atoms with Crippen molar-refractivity contribution in [3.05, 3.63) is 28.7 Å². The Morgan fingerprint density at radius 3 is 2.82 bits per heavy atom. The molecule has 0 saturated carbocycles. The maximum atomic E-state index is 11.3. The Morgan fingerprint density at radius 1 is 1.47 bits per heavy atom. The number of hydrazone groups is 1. The summed E-state index contributed by atoms with van der Waals surface area (Å²) in [5, 5.41) is 3.78. The van der Waals surface area contributed by atoms with Crippen molar-refractivity contribution < 1.29 is 9.53 Å². The van der Waals surface area contributed by atoms with E-state index in [0.717, 1.165) is 17.3 Å². The Labute approximate surface area is 109 Å². The van der Waals surface area contributed by atoms with Crippen molar-refractivity contribution in [2.45, 2.75) is 19.8 Å². The molecule has 1 aromatic rings. The molecule has 0 heterocycles. The molecule has 0 fully saturated rings. The number of nitrogens with zero attached hydrogens (tertiary/aromatic N) is 1. The third-order valence-electron chi connectivity index (χ3n) is 1.88. The van der Waals surface area contributed by atoms with Gasteiger partial charge in [-0.2, -0.15) is 5.10 Å². The average Bonchev–Trinajstić information content (AvgIpc) is 2.34. The van der Waals surface area contributed by atoms with E-state index in [9.17, 15) is 4.79 Å². The van der Waals surface area contributed by atoms with Crippen LogP contribution in [0, 0.1) is 0 Å². The number of hydrogen-bond donors (Lipinski definition) is 1. The summed E-state index contributed by atoms with van der Waals surface area (Å²) >= 11 is 3.32. The largest absolute Gasteiger partial charge is 0.484 e. The smallest absolute Gasteiger partial charge is 0.277 e. The van der Waals surface area contributed by atoms with Gasteiger partial charge in [0.25, 0.3) is 5.91 Å². The van der Waals surface area contributed by atoms with Gasteiger partial charge in [-0.1, -0.05) is 29.3 Å². The van der Waals surface area contributed by atoms with Crippen LogP contribution in [0.2, 0.25) is 0 Å². The topological polar surface area (TPSA) is 50.7 Å². The van der Waals surface area contributed by atoms with E-state index in [2.05, 4.69) is 26.5 Å². The average molecular weight is 299 g/mol. The Balaban J connectivity index is 2.26. The van der Waals surface area contributed by atoms with E-state index in [1.165, 1.54) is 0 Å². The Hall–Kier alpha value is -1.36. The van der Waals surface area contributed by atoms with Crippen LogP contribution in [-0.4, -0.2) is 18.7 Å². The Bertz CT molecular complexity index is 377. The number of amides is 1. The number of halogens is 1. The van der Waals surface area contributed by atoms with Gasteiger partial charge in [0.1, 0.15) is 5.75 Å². The van der Waals surface area contributed by atoms with Crippen molar-refractivity contribution >= 4 is 28.1 Å². The summed E-state index contributed by atoms with van der Waals surface area (Å²) in [6, 6.07) is 7.29. The quantitative estimate of drug-likeness (QED) is 0.648. The minimum absolute atomic E-state index is 0.0366. The maximum Gasteiger partial charge on any atom is 0.277 e. The van der Waals surface area contributed by atoms with E-state index in [-0.39, 0.29) is 12.5 Å². The molecular weight excluding hydrogens is 284 g/mol. The lowest BCUT2D eigenvalue weighted by Gasteiger charge is -2.04. The standard InChI is InChI=1S/C12H15BrN2O2/c1-2-3-8-14-15-12(16)9-17-11-6-4-10(13)5-7-11/h4-8H,2-3,9H2,1H3,(H,15,16)/b14-8-. The van der Waals surface area contributed by atoms with E-state index >= 15 is 0 Å². The van der Waals surface area contributed by atoms with Crippen molar-refractivity contribution in [1.82, 2.24) is 5.43 Å². The third-order valence-corrected chi connectivity index (χ3v) is 2.41. The number of nitrogens with one attached hydrogen (secondary N) is 1. The molecule has 0 aliphatic carbocycles. The molecule has 4 nitrogen and oxygen atoms in total. The first-order valence-corrected chi connectivity index (χ1v) is 6.20. The van der Waals surface area contributed by atoms with Crippen LogP contribution in [0.5, 0.6) is 5.75 Å². The van der Waals surface area contributed by atoms with Gasteiger partial charge in [-0.05, 0) is 30.7 Å². The van der Waals surface area contributed by atoms with Crippen LogP contribution in [-0.2, 0) is 4.79 Å². The zero-order valence-electron chi connectivity index (χ0n) is 9.65. The number of carbonyl (C=O) groups is 1. The highest BCUT2D eigenvalue weighted by atomic mass is 79.9. The summed E-state index contributed by atoms with van der Waals surface area (Å²) in [6.45, 7) is 2.01. The van der Waals surface area contributed by atoms with Gasteiger partial charge in [0.05, 0.1) is 0 Å². The van der Waals surface area contributed by atoms with Crippen LogP contribution in [0.4, 0.5) is 0 Å². The van der Waals surface area contributed by atoms with Crippen molar-refractivity contribution in [2.24, 2.45) is 5.10 Å². The lowest BCUT2D eigenvalue weighted by atomic mass is 10.3. The fourth-order valence-corrected chi connectivity index (χ4v) is 1.29. The molecule has 0 spiro atoms. The number of ether oxygens (including phenoxy) is 1. The highest BCUT2D eigenvalue weighted by molar-refractivity contribution is 9.10. The fourth-order valence-electron chi connectivity index (χ4n) is 1.02. The predicted octanol–water partition coefficient (Wildman–Crippen LogP) is 2.73. The van der Waals surface area contributed by atoms with Crippen LogP contribution in [0.3, 0.4) is 0 Å². The summed E-state index contributed by atoms with van der Waals surface area (Å²) in [6.07, 6.45) is 3.54. The number of hydrogen-bond acceptors (Lipinski definition) is 3. The first-order chi connectivity index (χ1) is 8.22. The van der Waals surface area contributed by atoms with Gasteiger partial charge in [0, 0.05) is 10.7 Å². The van der Waals surface area contributed by atoms with Gasteiger partial charge in [-0.25, -0.2) is 5.43 Å². The molecule has 0 unspecified atom stereocenters. The first-order valence-electron chi connectivity index (χ1n) is 5.41. The normalized spacial score (nSPS) is 10.5. The highest BCUT2D eigenvalue weighted by Gasteiger charge is 2.00. The molecule has 1 rings (SSSR count). The number of carbonyl (C=O) groups excluding carboxylic acids is 1. The molecule has 5 heteroatoms. The van der Waals surface area contributed by atoms with Crippen molar-refractivity contribution in [3.8, 4) is 5.75 Å². The van der Waals surface area contributed by atoms with Crippen molar-refractivity contribution in [3.63, 3.8) is 0 Å². The predicted molar refractivity (Wildman–Crippen MR) is 71.2 cm³/mol. The van der Waals surface area contributed by atoms with Crippen LogP contribution < -0.4 is 10.2 Å². The molecule has 0 aliphatic heterocycles. The molecule has 1 amide bonds. The van der Waals surface area contributed by atoms with E-state index in [1.807, 2.05) is 19.1 Å². The Morgan fingerprint density at radius 2 is 2.18 bits per heavy atom. The van der Waals surface area contributed by atoms with Crippen LogP contribution in [0.1, 0.15) is 19.8 Å². The zero-order chi connectivity index (χ0) is 12.5. The van der Waals surface area contributed by atoms with Crippen molar-refractivity contribution in [1.29, 1.82) is 0 Å². The second-order valence-corrected chi connectivity index (χ2v) is 4.29. The molecule has 0 aliphatic rings. The van der Waals surface area contributed by atoms with Crippen LogP contribution >= 0.6 is 15.9 Å². The highest BCUT2D eigenvalue weighted by Crippen LogP contribution is 2.15. The van der Waals surface area contributed by atoms with Gasteiger partial charge in [-0.15, -0.1) is 0 Å². The molecule has 92 valence electrons. The third kappa shape index (κ3) is 6.06. The van der Waals surface area contributed by atoms with Crippen LogP contribution in [0.15, 0.2) is 33.8 Å². The van der Waals surface area contributed by atoms with Gasteiger partial charge < -0.3 is 4.74 Å². The minimum atomic E-state index is -0.264. The fraction of sp³-hybridized carbons (Fsp3) is 0.333. The minimum Gasteiger partial charge on any atom is -0.484 e. The first kappa shape index (κ1) is 13.7. The second kappa shape index (κ2) is 7.84. The molecule has 1 N–H and O–H groups in total. The molecule has 17 heavy (non-hydrogen) atoms. The summed E-state index contributed by atoms with van der Waals surface area (Å²) in [5.41, 5.74) is 2.40. The van der Waals surface area contributed by atoms with Gasteiger partial charge in [-0.3, -0.25) is 4.79 Å². The molecule has 0 saturated heterocycles. The second-order valence-electron chi connectivity index (χ2n) is 3.38. The number of unbranched alkanes of at least 4 members (excludes halogenated alkanes) is 1.